The maximum atomic E-state index is 11.4. The Morgan fingerprint density at radius 1 is 1.57 bits per heavy atom. The number of benzene rings is 1. The average Bonchev–Trinajstić information content (AvgIpc) is 2.18. The van der Waals surface area contributed by atoms with Gasteiger partial charge in [0.1, 0.15) is 5.75 Å². The summed E-state index contributed by atoms with van der Waals surface area (Å²) in [6.45, 7) is 3.68. The highest BCUT2D eigenvalue weighted by Crippen LogP contribution is 2.22. The van der Waals surface area contributed by atoms with Crippen LogP contribution in [0.4, 0.5) is 5.69 Å². The Bertz CT molecular complexity index is 321. The number of nitrogens with one attached hydrogen (secondary N) is 1. The first kappa shape index (κ1) is 10.6. The molecule has 1 N–H and O–H groups in total. The number of carbonyl (C=O) groups is 1. The van der Waals surface area contributed by atoms with Crippen LogP contribution < -0.4 is 10.1 Å². The smallest absolute Gasteiger partial charge is 0.227 e. The van der Waals surface area contributed by atoms with Gasteiger partial charge in [-0.1, -0.05) is 26.0 Å². The second-order valence-corrected chi connectivity index (χ2v) is 3.26. The molecule has 0 aliphatic carbocycles. The molecule has 1 aromatic rings. The lowest BCUT2D eigenvalue weighted by Gasteiger charge is -2.10. The molecule has 0 spiro atoms. The molecular formula is C11H14NO2. The van der Waals surface area contributed by atoms with Crippen molar-refractivity contribution in [2.75, 3.05) is 12.4 Å². The van der Waals surface area contributed by atoms with Crippen LogP contribution in [0.5, 0.6) is 5.75 Å². The van der Waals surface area contributed by atoms with E-state index in [9.17, 15) is 4.79 Å². The van der Waals surface area contributed by atoms with Crippen LogP contribution in [0.3, 0.4) is 0 Å². The number of anilines is 1. The predicted molar refractivity (Wildman–Crippen MR) is 55.3 cm³/mol. The Hall–Kier alpha value is -1.51. The molecule has 0 aromatic heterocycles. The Balaban J connectivity index is 2.80. The van der Waals surface area contributed by atoms with Gasteiger partial charge in [0, 0.05) is 12.0 Å². The molecule has 1 amide bonds. The van der Waals surface area contributed by atoms with Crippen molar-refractivity contribution in [2.24, 2.45) is 5.92 Å². The van der Waals surface area contributed by atoms with Crippen molar-refractivity contribution in [3.8, 4) is 5.75 Å². The van der Waals surface area contributed by atoms with Crippen molar-refractivity contribution in [2.45, 2.75) is 13.8 Å². The number of amides is 1. The quantitative estimate of drug-likeness (QED) is 0.796. The first-order chi connectivity index (χ1) is 6.65. The Labute approximate surface area is 84.1 Å². The van der Waals surface area contributed by atoms with E-state index < -0.39 is 0 Å². The number of hydrogen-bond acceptors (Lipinski definition) is 2. The van der Waals surface area contributed by atoms with Gasteiger partial charge in [0.05, 0.1) is 12.8 Å². The number of rotatable bonds is 3. The standard InChI is InChI=1S/C11H14NO2/c1-8(2)11(13)12-9-6-4-5-7-10(9)14-3/h4-6,8H,1-3H3,(H,12,13). The lowest BCUT2D eigenvalue weighted by atomic mass is 10.2. The van der Waals surface area contributed by atoms with E-state index in [0.29, 0.717) is 11.4 Å². The van der Waals surface area contributed by atoms with Crippen LogP contribution in [-0.4, -0.2) is 13.0 Å². The number of hydrogen-bond donors (Lipinski definition) is 1. The first-order valence-corrected chi connectivity index (χ1v) is 4.50. The minimum atomic E-state index is -0.0417. The zero-order valence-corrected chi connectivity index (χ0v) is 8.63. The van der Waals surface area contributed by atoms with Crippen LogP contribution in [0, 0.1) is 12.0 Å². The zero-order valence-electron chi connectivity index (χ0n) is 8.63. The second-order valence-electron chi connectivity index (χ2n) is 3.26. The topological polar surface area (TPSA) is 38.3 Å². The Morgan fingerprint density at radius 2 is 2.29 bits per heavy atom. The summed E-state index contributed by atoms with van der Waals surface area (Å²) in [6.07, 6.45) is 0. The highest BCUT2D eigenvalue weighted by molar-refractivity contribution is 5.93. The van der Waals surface area contributed by atoms with E-state index in [1.165, 1.54) is 0 Å². The van der Waals surface area contributed by atoms with Crippen LogP contribution in [0.2, 0.25) is 0 Å². The predicted octanol–water partition coefficient (Wildman–Crippen LogP) is 2.09. The Kier molecular flexibility index (Phi) is 3.51. The maximum absolute atomic E-state index is 11.4. The van der Waals surface area contributed by atoms with Gasteiger partial charge in [-0.25, -0.2) is 0 Å². The van der Waals surface area contributed by atoms with E-state index in [1.807, 2.05) is 13.8 Å². The minimum Gasteiger partial charge on any atom is -0.494 e. The minimum absolute atomic E-state index is 0.0251. The van der Waals surface area contributed by atoms with Crippen molar-refractivity contribution < 1.29 is 9.53 Å². The van der Waals surface area contributed by atoms with E-state index in [0.717, 1.165) is 0 Å². The SMILES string of the molecule is COc1[c]cccc1NC(=O)C(C)C. The highest BCUT2D eigenvalue weighted by atomic mass is 16.5. The molecule has 0 aliphatic rings. The molecule has 0 bridgehead atoms. The number of para-hydroxylation sites is 1. The molecule has 1 radical (unpaired) electrons. The van der Waals surface area contributed by atoms with Crippen molar-refractivity contribution in [3.05, 3.63) is 24.3 Å². The maximum Gasteiger partial charge on any atom is 0.227 e. The molecule has 3 heteroatoms. The molecule has 14 heavy (non-hydrogen) atoms. The van der Waals surface area contributed by atoms with Gasteiger partial charge in [-0.15, -0.1) is 0 Å². The van der Waals surface area contributed by atoms with Gasteiger partial charge in [0.15, 0.2) is 0 Å². The van der Waals surface area contributed by atoms with E-state index in [-0.39, 0.29) is 11.8 Å². The van der Waals surface area contributed by atoms with Crippen LogP contribution >= 0.6 is 0 Å². The lowest BCUT2D eigenvalue weighted by Crippen LogP contribution is -2.18. The second kappa shape index (κ2) is 4.65. The van der Waals surface area contributed by atoms with Gasteiger partial charge in [0.2, 0.25) is 5.91 Å². The fraction of sp³-hybridized carbons (Fsp3) is 0.364. The fourth-order valence-corrected chi connectivity index (χ4v) is 0.966. The summed E-state index contributed by atoms with van der Waals surface area (Å²) in [5.74, 6) is 0.490. The van der Waals surface area contributed by atoms with E-state index >= 15 is 0 Å². The number of carbonyl (C=O) groups excluding carboxylic acids is 1. The third kappa shape index (κ3) is 2.49. The van der Waals surface area contributed by atoms with Gasteiger partial charge in [-0.2, -0.15) is 0 Å². The van der Waals surface area contributed by atoms with Crippen LogP contribution in [0.15, 0.2) is 18.2 Å². The molecule has 0 atom stereocenters. The molecule has 0 saturated carbocycles. The number of methoxy groups -OCH3 is 1. The zero-order chi connectivity index (χ0) is 10.6. The number of ether oxygens (including phenoxy) is 1. The molecule has 0 saturated heterocycles. The van der Waals surface area contributed by atoms with Gasteiger partial charge < -0.3 is 10.1 Å². The molecule has 0 aliphatic heterocycles. The van der Waals surface area contributed by atoms with Gasteiger partial charge >= 0.3 is 0 Å². The summed E-state index contributed by atoms with van der Waals surface area (Å²) in [7, 11) is 1.55. The van der Waals surface area contributed by atoms with Gasteiger partial charge in [0.25, 0.3) is 0 Å². The van der Waals surface area contributed by atoms with E-state index in [2.05, 4.69) is 11.4 Å². The summed E-state index contributed by atoms with van der Waals surface area (Å²) >= 11 is 0. The summed E-state index contributed by atoms with van der Waals surface area (Å²) in [4.78, 5) is 11.4. The first-order valence-electron chi connectivity index (χ1n) is 4.50. The molecule has 0 fully saturated rings. The van der Waals surface area contributed by atoms with E-state index in [4.69, 9.17) is 4.74 Å². The fourth-order valence-electron chi connectivity index (χ4n) is 0.966. The summed E-state index contributed by atoms with van der Waals surface area (Å²) < 4.78 is 5.06. The molecule has 3 nitrogen and oxygen atoms in total. The van der Waals surface area contributed by atoms with Crippen molar-refractivity contribution >= 4 is 11.6 Å². The summed E-state index contributed by atoms with van der Waals surface area (Å²) in [6, 6.07) is 8.23. The summed E-state index contributed by atoms with van der Waals surface area (Å²) in [5.41, 5.74) is 0.661. The van der Waals surface area contributed by atoms with Crippen LogP contribution in [-0.2, 0) is 4.79 Å². The molecule has 1 rings (SSSR count). The van der Waals surface area contributed by atoms with Gasteiger partial charge in [-0.05, 0) is 6.07 Å². The van der Waals surface area contributed by atoms with Crippen LogP contribution in [0.1, 0.15) is 13.8 Å². The Morgan fingerprint density at radius 3 is 2.86 bits per heavy atom. The third-order valence-corrected chi connectivity index (χ3v) is 1.80. The monoisotopic (exact) mass is 192 g/mol. The molecule has 1 aromatic carbocycles. The largest absolute Gasteiger partial charge is 0.494 e. The lowest BCUT2D eigenvalue weighted by molar-refractivity contribution is -0.118. The summed E-state index contributed by atoms with van der Waals surface area (Å²) in [5, 5.41) is 2.77. The third-order valence-electron chi connectivity index (χ3n) is 1.80. The molecule has 0 unspecified atom stereocenters. The molecule has 75 valence electrons. The highest BCUT2D eigenvalue weighted by Gasteiger charge is 2.09. The van der Waals surface area contributed by atoms with Crippen molar-refractivity contribution in [3.63, 3.8) is 0 Å². The average molecular weight is 192 g/mol. The molecule has 0 heterocycles. The normalized spacial score (nSPS) is 10.0. The van der Waals surface area contributed by atoms with E-state index in [1.54, 1.807) is 25.3 Å². The van der Waals surface area contributed by atoms with Crippen LogP contribution in [0.25, 0.3) is 0 Å². The molecular weight excluding hydrogens is 178 g/mol. The van der Waals surface area contributed by atoms with Crippen molar-refractivity contribution in [1.29, 1.82) is 0 Å². The van der Waals surface area contributed by atoms with Gasteiger partial charge in [-0.3, -0.25) is 4.79 Å². The van der Waals surface area contributed by atoms with Crippen molar-refractivity contribution in [1.82, 2.24) is 0 Å².